The highest BCUT2D eigenvalue weighted by Crippen LogP contribution is 2.22. The number of amides is 3. The van der Waals surface area contributed by atoms with E-state index in [4.69, 9.17) is 10.8 Å². The Morgan fingerprint density at radius 3 is 2.50 bits per heavy atom. The molecule has 0 spiro atoms. The largest absolute Gasteiger partial charge is 0.481 e. The summed E-state index contributed by atoms with van der Waals surface area (Å²) in [5.41, 5.74) is 5.30. The van der Waals surface area contributed by atoms with Crippen LogP contribution >= 0.6 is 0 Å². The highest BCUT2D eigenvalue weighted by molar-refractivity contribution is 5.80. The smallest absolute Gasteiger partial charge is 0.320 e. The Labute approximate surface area is 118 Å². The number of nitrogens with two attached hydrogens (primary N) is 1. The van der Waals surface area contributed by atoms with E-state index in [1.54, 1.807) is 18.9 Å². The van der Waals surface area contributed by atoms with E-state index in [0.29, 0.717) is 13.0 Å². The fraction of sp³-hybridized carbons (Fsp3) is 0.769. The molecule has 0 aromatic rings. The molecule has 3 atom stereocenters. The minimum atomic E-state index is -0.939. The Morgan fingerprint density at radius 1 is 1.40 bits per heavy atom. The van der Waals surface area contributed by atoms with Gasteiger partial charge in [0.15, 0.2) is 0 Å². The fourth-order valence-electron chi connectivity index (χ4n) is 2.39. The van der Waals surface area contributed by atoms with E-state index in [2.05, 4.69) is 0 Å². The van der Waals surface area contributed by atoms with Gasteiger partial charge in [-0.05, 0) is 19.8 Å². The van der Waals surface area contributed by atoms with Gasteiger partial charge in [-0.25, -0.2) is 4.79 Å². The van der Waals surface area contributed by atoms with Crippen molar-refractivity contribution in [3.8, 4) is 0 Å². The van der Waals surface area contributed by atoms with Gasteiger partial charge in [0.2, 0.25) is 5.91 Å². The van der Waals surface area contributed by atoms with E-state index in [1.165, 1.54) is 4.90 Å². The molecule has 1 rings (SSSR count). The molecular weight excluding hydrogens is 262 g/mol. The molecule has 1 saturated heterocycles. The van der Waals surface area contributed by atoms with Crippen LogP contribution in [0.25, 0.3) is 0 Å². The average molecular weight is 285 g/mol. The van der Waals surface area contributed by atoms with Crippen LogP contribution in [-0.2, 0) is 9.59 Å². The Morgan fingerprint density at radius 2 is 2.00 bits per heavy atom. The molecule has 0 bridgehead atoms. The summed E-state index contributed by atoms with van der Waals surface area (Å²) < 4.78 is 0. The third kappa shape index (κ3) is 3.85. The first kappa shape index (κ1) is 16.3. The second kappa shape index (κ2) is 6.58. The number of hydrogen-bond acceptors (Lipinski definition) is 3. The van der Waals surface area contributed by atoms with Gasteiger partial charge in [0, 0.05) is 26.2 Å². The molecular formula is C13H23N3O4. The van der Waals surface area contributed by atoms with E-state index in [1.807, 2.05) is 6.92 Å². The molecule has 3 amide bonds. The first-order valence-electron chi connectivity index (χ1n) is 6.77. The third-order valence-electron chi connectivity index (χ3n) is 3.83. The molecule has 114 valence electrons. The summed E-state index contributed by atoms with van der Waals surface area (Å²) in [5, 5.41) is 8.88. The number of carboxylic acids is 1. The number of likely N-dealkylation sites (tertiary alicyclic amines) is 1. The van der Waals surface area contributed by atoms with Crippen molar-refractivity contribution in [2.75, 3.05) is 20.1 Å². The number of carbonyl (C=O) groups excluding carboxylic acids is 2. The van der Waals surface area contributed by atoms with E-state index in [0.717, 1.165) is 6.42 Å². The fourth-order valence-corrected chi connectivity index (χ4v) is 2.39. The van der Waals surface area contributed by atoms with Gasteiger partial charge in [-0.2, -0.15) is 0 Å². The molecule has 1 aliphatic rings. The van der Waals surface area contributed by atoms with E-state index >= 15 is 0 Å². The van der Waals surface area contributed by atoms with Crippen molar-refractivity contribution in [1.82, 2.24) is 9.80 Å². The van der Waals surface area contributed by atoms with Crippen LogP contribution in [0.2, 0.25) is 0 Å². The lowest BCUT2D eigenvalue weighted by atomic mass is 9.93. The molecule has 1 aliphatic heterocycles. The monoisotopic (exact) mass is 285 g/mol. The Kier molecular flexibility index (Phi) is 5.35. The quantitative estimate of drug-likeness (QED) is 0.777. The van der Waals surface area contributed by atoms with E-state index in [9.17, 15) is 14.4 Å². The van der Waals surface area contributed by atoms with Crippen molar-refractivity contribution < 1.29 is 19.5 Å². The first-order valence-corrected chi connectivity index (χ1v) is 6.77. The number of aliphatic carboxylic acids is 1. The van der Waals surface area contributed by atoms with Crippen LogP contribution in [0.5, 0.6) is 0 Å². The molecule has 1 heterocycles. The topological polar surface area (TPSA) is 104 Å². The number of primary amides is 1. The maximum Gasteiger partial charge on any atom is 0.320 e. The highest BCUT2D eigenvalue weighted by atomic mass is 16.4. The SMILES string of the molecule is CC(CN(C)C(=O)N1CC(C(N)=O)CCC1C)C(=O)O. The summed E-state index contributed by atoms with van der Waals surface area (Å²) in [4.78, 5) is 37.4. The van der Waals surface area contributed by atoms with Crippen molar-refractivity contribution in [2.45, 2.75) is 32.7 Å². The second-order valence-corrected chi connectivity index (χ2v) is 5.58. The molecule has 7 heteroatoms. The molecule has 3 N–H and O–H groups in total. The average Bonchev–Trinajstić information content (AvgIpc) is 2.37. The van der Waals surface area contributed by atoms with Gasteiger partial charge in [0.05, 0.1) is 11.8 Å². The Bertz CT molecular complexity index is 399. The summed E-state index contributed by atoms with van der Waals surface area (Å²) in [5.74, 6) is -2.28. The molecule has 7 nitrogen and oxygen atoms in total. The Balaban J connectivity index is 2.68. The normalized spacial score (nSPS) is 24.1. The minimum Gasteiger partial charge on any atom is -0.481 e. The van der Waals surface area contributed by atoms with Gasteiger partial charge >= 0.3 is 12.0 Å². The number of piperidine rings is 1. The van der Waals surface area contributed by atoms with Crippen LogP contribution in [0.3, 0.4) is 0 Å². The molecule has 20 heavy (non-hydrogen) atoms. The zero-order valence-electron chi connectivity index (χ0n) is 12.2. The molecule has 1 fully saturated rings. The minimum absolute atomic E-state index is 0.0284. The zero-order valence-corrected chi connectivity index (χ0v) is 12.2. The van der Waals surface area contributed by atoms with Crippen molar-refractivity contribution >= 4 is 17.9 Å². The number of carbonyl (C=O) groups is 3. The van der Waals surface area contributed by atoms with Crippen LogP contribution in [0, 0.1) is 11.8 Å². The van der Waals surface area contributed by atoms with Crippen LogP contribution in [0.1, 0.15) is 26.7 Å². The number of urea groups is 1. The standard InChI is InChI=1S/C13H23N3O4/c1-8(12(18)19)6-15(3)13(20)16-7-10(11(14)17)5-4-9(16)2/h8-10H,4-7H2,1-3H3,(H2,14,17)(H,18,19). The van der Waals surface area contributed by atoms with Crippen LogP contribution in [-0.4, -0.2) is 59.0 Å². The van der Waals surface area contributed by atoms with Gasteiger partial charge in [-0.3, -0.25) is 9.59 Å². The number of carboxylic acid groups (broad SMARTS) is 1. The predicted molar refractivity (Wildman–Crippen MR) is 72.9 cm³/mol. The highest BCUT2D eigenvalue weighted by Gasteiger charge is 2.33. The zero-order chi connectivity index (χ0) is 15.4. The molecule has 0 saturated carbocycles. The number of hydrogen-bond donors (Lipinski definition) is 2. The van der Waals surface area contributed by atoms with Gasteiger partial charge in [-0.1, -0.05) is 6.92 Å². The van der Waals surface area contributed by atoms with Gasteiger partial charge in [0.25, 0.3) is 0 Å². The maximum absolute atomic E-state index is 12.3. The third-order valence-corrected chi connectivity index (χ3v) is 3.83. The molecule has 0 aromatic carbocycles. The predicted octanol–water partition coefficient (Wildman–Crippen LogP) is 0.345. The summed E-state index contributed by atoms with van der Waals surface area (Å²) in [6.07, 6.45) is 1.41. The number of rotatable bonds is 4. The van der Waals surface area contributed by atoms with Crippen LogP contribution in [0.15, 0.2) is 0 Å². The second-order valence-electron chi connectivity index (χ2n) is 5.58. The summed E-state index contributed by atoms with van der Waals surface area (Å²) in [6, 6.07) is -0.225. The number of nitrogens with zero attached hydrogens (tertiary/aromatic N) is 2. The lowest BCUT2D eigenvalue weighted by molar-refractivity contribution is -0.141. The first-order chi connectivity index (χ1) is 9.23. The van der Waals surface area contributed by atoms with E-state index < -0.39 is 17.8 Å². The molecule has 0 aromatic heterocycles. The molecule has 3 unspecified atom stereocenters. The molecule has 0 radical (unpaired) electrons. The lowest BCUT2D eigenvalue weighted by Gasteiger charge is -2.39. The van der Waals surface area contributed by atoms with Gasteiger partial charge in [-0.15, -0.1) is 0 Å². The van der Waals surface area contributed by atoms with Gasteiger partial charge in [0.1, 0.15) is 0 Å². The van der Waals surface area contributed by atoms with Crippen molar-refractivity contribution in [2.24, 2.45) is 17.6 Å². The summed E-state index contributed by atoms with van der Waals surface area (Å²) in [7, 11) is 1.57. The van der Waals surface area contributed by atoms with Crippen molar-refractivity contribution in [1.29, 1.82) is 0 Å². The molecule has 0 aliphatic carbocycles. The lowest BCUT2D eigenvalue weighted by Crippen LogP contribution is -2.53. The van der Waals surface area contributed by atoms with E-state index in [-0.39, 0.29) is 24.5 Å². The maximum atomic E-state index is 12.3. The summed E-state index contributed by atoms with van der Waals surface area (Å²) >= 11 is 0. The van der Waals surface area contributed by atoms with Gasteiger partial charge < -0.3 is 20.6 Å². The Hall–Kier alpha value is -1.79. The van der Waals surface area contributed by atoms with Crippen molar-refractivity contribution in [3.63, 3.8) is 0 Å². The van der Waals surface area contributed by atoms with Crippen LogP contribution < -0.4 is 5.73 Å². The summed E-state index contributed by atoms with van der Waals surface area (Å²) in [6.45, 7) is 3.92. The van der Waals surface area contributed by atoms with Crippen molar-refractivity contribution in [3.05, 3.63) is 0 Å². The van der Waals surface area contributed by atoms with Crippen LogP contribution in [0.4, 0.5) is 4.79 Å².